The predicted molar refractivity (Wildman–Crippen MR) is 88.4 cm³/mol. The van der Waals surface area contributed by atoms with Gasteiger partial charge in [-0.2, -0.15) is 0 Å². The van der Waals surface area contributed by atoms with Gasteiger partial charge in [-0.05, 0) is 42.7 Å². The van der Waals surface area contributed by atoms with Gasteiger partial charge in [0.25, 0.3) is 0 Å². The highest BCUT2D eigenvalue weighted by atomic mass is 16.1. The minimum Gasteiger partial charge on any atom is -0.369 e. The number of hydrogen-bond donors (Lipinski definition) is 1. The van der Waals surface area contributed by atoms with E-state index >= 15 is 0 Å². The molecule has 4 heteroatoms. The molecule has 3 rings (SSSR count). The first-order valence-corrected chi connectivity index (χ1v) is 7.22. The SMILES string of the molecule is Cn1ccc2c(-c3ccc(C(C)(C)C(N)=O)cc3)ccnc21. The monoisotopic (exact) mass is 293 g/mol. The number of aromatic nitrogens is 2. The van der Waals surface area contributed by atoms with E-state index < -0.39 is 5.41 Å². The highest BCUT2D eigenvalue weighted by Crippen LogP contribution is 2.30. The van der Waals surface area contributed by atoms with Crippen molar-refractivity contribution in [2.45, 2.75) is 19.3 Å². The molecule has 2 heterocycles. The second-order valence-electron chi connectivity index (χ2n) is 6.09. The van der Waals surface area contributed by atoms with Gasteiger partial charge in [0.05, 0.1) is 5.41 Å². The van der Waals surface area contributed by atoms with E-state index in [9.17, 15) is 4.79 Å². The van der Waals surface area contributed by atoms with Gasteiger partial charge >= 0.3 is 0 Å². The first kappa shape index (κ1) is 14.3. The Morgan fingerprint density at radius 2 is 1.82 bits per heavy atom. The normalized spacial score (nSPS) is 11.8. The van der Waals surface area contributed by atoms with Crippen LogP contribution in [-0.4, -0.2) is 15.5 Å². The number of fused-ring (bicyclic) bond motifs is 1. The van der Waals surface area contributed by atoms with Crippen molar-refractivity contribution in [2.75, 3.05) is 0 Å². The summed E-state index contributed by atoms with van der Waals surface area (Å²) in [4.78, 5) is 16.0. The molecule has 3 aromatic rings. The van der Waals surface area contributed by atoms with Gasteiger partial charge < -0.3 is 10.3 Å². The van der Waals surface area contributed by atoms with Crippen molar-refractivity contribution in [2.24, 2.45) is 12.8 Å². The van der Waals surface area contributed by atoms with Crippen LogP contribution >= 0.6 is 0 Å². The van der Waals surface area contributed by atoms with E-state index in [0.29, 0.717) is 0 Å². The molecule has 0 aliphatic heterocycles. The number of hydrogen-bond acceptors (Lipinski definition) is 2. The molecule has 0 saturated carbocycles. The summed E-state index contributed by atoms with van der Waals surface area (Å²) in [5.41, 5.74) is 8.92. The van der Waals surface area contributed by atoms with E-state index in [4.69, 9.17) is 5.73 Å². The van der Waals surface area contributed by atoms with Gasteiger partial charge in [0.15, 0.2) is 0 Å². The highest BCUT2D eigenvalue weighted by molar-refractivity contribution is 5.93. The summed E-state index contributed by atoms with van der Waals surface area (Å²) in [6, 6.07) is 12.1. The fourth-order valence-electron chi connectivity index (χ4n) is 2.62. The summed E-state index contributed by atoms with van der Waals surface area (Å²) < 4.78 is 2.00. The Morgan fingerprint density at radius 3 is 2.45 bits per heavy atom. The Hall–Kier alpha value is -2.62. The van der Waals surface area contributed by atoms with Crippen LogP contribution in [0.15, 0.2) is 48.8 Å². The van der Waals surface area contributed by atoms with Crippen LogP contribution in [0.5, 0.6) is 0 Å². The van der Waals surface area contributed by atoms with Crippen LogP contribution in [-0.2, 0) is 17.3 Å². The van der Waals surface area contributed by atoms with E-state index in [-0.39, 0.29) is 5.91 Å². The molecule has 0 aliphatic rings. The maximum Gasteiger partial charge on any atom is 0.227 e. The summed E-state index contributed by atoms with van der Waals surface area (Å²) >= 11 is 0. The molecule has 4 nitrogen and oxygen atoms in total. The molecule has 1 aromatic carbocycles. The Balaban J connectivity index is 2.08. The van der Waals surface area contributed by atoms with Gasteiger partial charge in [-0.3, -0.25) is 4.79 Å². The average molecular weight is 293 g/mol. The molecule has 0 fully saturated rings. The van der Waals surface area contributed by atoms with E-state index in [2.05, 4.69) is 11.1 Å². The molecular formula is C18H19N3O. The number of carbonyl (C=O) groups excluding carboxylic acids is 1. The minimum absolute atomic E-state index is 0.324. The van der Waals surface area contributed by atoms with E-state index in [1.807, 2.05) is 68.2 Å². The van der Waals surface area contributed by atoms with Gasteiger partial charge in [-0.15, -0.1) is 0 Å². The molecule has 0 radical (unpaired) electrons. The number of carbonyl (C=O) groups is 1. The van der Waals surface area contributed by atoms with Crippen molar-refractivity contribution >= 4 is 16.9 Å². The number of pyridine rings is 1. The van der Waals surface area contributed by atoms with Crippen LogP contribution in [0.3, 0.4) is 0 Å². The molecular weight excluding hydrogens is 274 g/mol. The fourth-order valence-corrected chi connectivity index (χ4v) is 2.62. The van der Waals surface area contributed by atoms with Crippen LogP contribution < -0.4 is 5.73 Å². The zero-order valence-corrected chi connectivity index (χ0v) is 13.0. The largest absolute Gasteiger partial charge is 0.369 e. The third kappa shape index (κ3) is 2.17. The summed E-state index contributed by atoms with van der Waals surface area (Å²) in [5.74, 6) is -0.324. The average Bonchev–Trinajstić information content (AvgIpc) is 2.89. The van der Waals surface area contributed by atoms with E-state index in [0.717, 1.165) is 27.7 Å². The molecule has 22 heavy (non-hydrogen) atoms. The summed E-state index contributed by atoms with van der Waals surface area (Å²) in [6.45, 7) is 3.68. The molecule has 0 atom stereocenters. The lowest BCUT2D eigenvalue weighted by molar-refractivity contribution is -0.122. The number of benzene rings is 1. The highest BCUT2D eigenvalue weighted by Gasteiger charge is 2.27. The molecule has 0 unspecified atom stereocenters. The second-order valence-corrected chi connectivity index (χ2v) is 6.09. The zero-order chi connectivity index (χ0) is 15.9. The van der Waals surface area contributed by atoms with Crippen molar-refractivity contribution in [3.05, 3.63) is 54.4 Å². The summed E-state index contributed by atoms with van der Waals surface area (Å²) in [5, 5.41) is 1.12. The topological polar surface area (TPSA) is 60.9 Å². The van der Waals surface area contributed by atoms with Crippen LogP contribution in [0.2, 0.25) is 0 Å². The van der Waals surface area contributed by atoms with Crippen molar-refractivity contribution in [3.8, 4) is 11.1 Å². The molecule has 112 valence electrons. The minimum atomic E-state index is -0.668. The summed E-state index contributed by atoms with van der Waals surface area (Å²) in [7, 11) is 1.98. The Kier molecular flexibility index (Phi) is 3.24. The number of primary amides is 1. The van der Waals surface area contributed by atoms with Gasteiger partial charge in [-0.25, -0.2) is 4.98 Å². The third-order valence-electron chi connectivity index (χ3n) is 4.30. The first-order chi connectivity index (χ1) is 10.4. The molecule has 1 amide bonds. The predicted octanol–water partition coefficient (Wildman–Crippen LogP) is 3.00. The quantitative estimate of drug-likeness (QED) is 0.807. The van der Waals surface area contributed by atoms with Gasteiger partial charge in [0, 0.05) is 24.8 Å². The maximum atomic E-state index is 11.6. The molecule has 0 saturated heterocycles. The molecule has 0 spiro atoms. The lowest BCUT2D eigenvalue weighted by Crippen LogP contribution is -2.35. The van der Waals surface area contributed by atoms with Gasteiger partial charge in [0.2, 0.25) is 5.91 Å². The van der Waals surface area contributed by atoms with Crippen molar-refractivity contribution in [1.29, 1.82) is 0 Å². The van der Waals surface area contributed by atoms with Crippen molar-refractivity contribution in [1.82, 2.24) is 9.55 Å². The molecule has 0 bridgehead atoms. The fraction of sp³-hybridized carbons (Fsp3) is 0.222. The van der Waals surface area contributed by atoms with Gasteiger partial charge in [0.1, 0.15) is 5.65 Å². The van der Waals surface area contributed by atoms with Crippen LogP contribution in [0.4, 0.5) is 0 Å². The Morgan fingerprint density at radius 1 is 1.14 bits per heavy atom. The lowest BCUT2D eigenvalue weighted by Gasteiger charge is -2.21. The maximum absolute atomic E-state index is 11.6. The van der Waals surface area contributed by atoms with E-state index in [1.165, 1.54) is 0 Å². The summed E-state index contributed by atoms with van der Waals surface area (Å²) in [6.07, 6.45) is 3.82. The van der Waals surface area contributed by atoms with Crippen LogP contribution in [0.1, 0.15) is 19.4 Å². The Bertz CT molecular complexity index is 844. The van der Waals surface area contributed by atoms with E-state index in [1.54, 1.807) is 0 Å². The van der Waals surface area contributed by atoms with Crippen molar-refractivity contribution < 1.29 is 4.79 Å². The molecule has 2 aromatic heterocycles. The third-order valence-corrected chi connectivity index (χ3v) is 4.30. The number of amides is 1. The number of nitrogens with two attached hydrogens (primary N) is 1. The smallest absolute Gasteiger partial charge is 0.227 e. The standard InChI is InChI=1S/C18H19N3O/c1-18(2,17(19)22)13-6-4-12(5-7-13)14-8-10-20-16-15(14)9-11-21(16)3/h4-11H,1-3H3,(H2,19,22). The zero-order valence-electron chi connectivity index (χ0n) is 13.0. The van der Waals surface area contributed by atoms with Crippen LogP contribution in [0.25, 0.3) is 22.2 Å². The van der Waals surface area contributed by atoms with Crippen LogP contribution in [0, 0.1) is 0 Å². The number of aryl methyl sites for hydroxylation is 1. The second kappa shape index (κ2) is 4.98. The molecule has 0 aliphatic carbocycles. The first-order valence-electron chi connectivity index (χ1n) is 7.22. The Labute approximate surface area is 129 Å². The van der Waals surface area contributed by atoms with Crippen molar-refractivity contribution in [3.63, 3.8) is 0 Å². The number of rotatable bonds is 3. The van der Waals surface area contributed by atoms with Gasteiger partial charge in [-0.1, -0.05) is 24.3 Å². The lowest BCUT2D eigenvalue weighted by atomic mass is 9.83. The number of nitrogens with zero attached hydrogens (tertiary/aromatic N) is 2. The molecule has 2 N–H and O–H groups in total.